The standard InChI is InChI=1S/C48H80N2O24P2/c1-17-35(51)71-33-23-31(75(61,67-25-63-41(57)45(6,7)8)68-26-64-42(58)46(9,10)11)39(55)49(33)73-36(52)19-18-20-48(15,16)44(60)66-28-70-76(62,69-27-65-43(59)47(12,13)14)32-24-34(72-37(53)21-29(2)3)50(40(32)56)74-38(54)22-30(4)5/h29-34,40,56H,17-28H2,1-16H3/t31-,32-,33?,34?,40?,76?/m0/s1. The van der Waals surface area contributed by atoms with Gasteiger partial charge >= 0.3 is 62.9 Å². The van der Waals surface area contributed by atoms with Crippen LogP contribution in [0.15, 0.2) is 0 Å². The first-order chi connectivity index (χ1) is 34.8. The highest BCUT2D eigenvalue weighted by Gasteiger charge is 2.57. The Hall–Kier alpha value is -4.55. The van der Waals surface area contributed by atoms with Crippen molar-refractivity contribution in [3.05, 3.63) is 0 Å². The van der Waals surface area contributed by atoms with Gasteiger partial charge < -0.3 is 43.2 Å². The minimum Gasteiger partial charge on any atom is -0.443 e. The number of hydrogen-bond acceptors (Lipinski definition) is 25. The molecule has 0 aromatic heterocycles. The first-order valence-electron chi connectivity index (χ1n) is 24.8. The number of hydroxylamine groups is 4. The van der Waals surface area contributed by atoms with Crippen molar-refractivity contribution in [1.82, 2.24) is 10.1 Å². The molecular weight excluding hydrogens is 1050 g/mol. The maximum Gasteiger partial charge on any atom is 0.349 e. The van der Waals surface area contributed by atoms with E-state index in [4.69, 9.17) is 56.2 Å². The molecule has 2 heterocycles. The van der Waals surface area contributed by atoms with E-state index in [0.29, 0.717) is 10.1 Å². The Morgan fingerprint density at radius 3 is 1.43 bits per heavy atom. The molecule has 2 aliphatic rings. The first kappa shape index (κ1) is 67.6. The van der Waals surface area contributed by atoms with Crippen molar-refractivity contribution < 1.29 is 114 Å². The number of carbonyl (C=O) groups excluding carboxylic acids is 9. The van der Waals surface area contributed by atoms with E-state index in [9.17, 15) is 57.4 Å². The predicted octanol–water partition coefficient (Wildman–Crippen LogP) is 6.93. The Kier molecular flexibility index (Phi) is 25.2. The highest BCUT2D eigenvalue weighted by molar-refractivity contribution is 7.55. The molecule has 2 saturated heterocycles. The number of nitrogens with zero attached hydrogens (tertiary/aromatic N) is 2. The zero-order chi connectivity index (χ0) is 58.4. The number of esters is 6. The quantitative estimate of drug-likeness (QED) is 0.0359. The predicted molar refractivity (Wildman–Crippen MR) is 262 cm³/mol. The summed E-state index contributed by atoms with van der Waals surface area (Å²) in [6.45, 7) is 21.2. The number of aliphatic hydroxyl groups excluding tert-OH is 1. The molecule has 0 saturated carbocycles. The fourth-order valence-corrected chi connectivity index (χ4v) is 9.92. The van der Waals surface area contributed by atoms with Crippen LogP contribution in [0.1, 0.15) is 162 Å². The lowest BCUT2D eigenvalue weighted by Gasteiger charge is -2.28. The van der Waals surface area contributed by atoms with Crippen LogP contribution in [0.4, 0.5) is 0 Å². The first-order valence-corrected chi connectivity index (χ1v) is 28.1. The van der Waals surface area contributed by atoms with E-state index in [2.05, 4.69) is 0 Å². The summed E-state index contributed by atoms with van der Waals surface area (Å²) in [4.78, 5) is 127. The summed E-state index contributed by atoms with van der Waals surface area (Å²) in [7, 11) is -9.62. The molecule has 4 unspecified atom stereocenters. The van der Waals surface area contributed by atoms with Gasteiger partial charge in [0.25, 0.3) is 5.91 Å². The number of ether oxygens (including phenoxy) is 6. The molecule has 0 radical (unpaired) electrons. The van der Waals surface area contributed by atoms with Gasteiger partial charge in [-0.25, -0.2) is 4.79 Å². The molecule has 1 N–H and O–H groups in total. The smallest absolute Gasteiger partial charge is 0.349 e. The second-order valence-corrected chi connectivity index (χ2v) is 27.1. The van der Waals surface area contributed by atoms with Crippen LogP contribution in [-0.4, -0.2) is 126 Å². The minimum atomic E-state index is -4.82. The van der Waals surface area contributed by atoms with E-state index < -0.39 is 167 Å². The summed E-state index contributed by atoms with van der Waals surface area (Å²) in [5, 5.41) is 12.5. The zero-order valence-corrected chi connectivity index (χ0v) is 48.4. The van der Waals surface area contributed by atoms with Crippen LogP contribution in [0.3, 0.4) is 0 Å². The molecule has 0 spiro atoms. The minimum absolute atomic E-state index is 0.0585. The number of aliphatic hydroxyl groups is 1. The summed E-state index contributed by atoms with van der Waals surface area (Å²) < 4.78 is 82.3. The lowest BCUT2D eigenvalue weighted by atomic mass is 9.87. The molecular formula is C48H80N2O24P2. The maximum atomic E-state index is 14.6. The van der Waals surface area contributed by atoms with E-state index in [-0.39, 0.29) is 43.9 Å². The molecule has 28 heteroatoms. The molecule has 0 aliphatic carbocycles. The van der Waals surface area contributed by atoms with Crippen LogP contribution in [0.25, 0.3) is 0 Å². The summed E-state index contributed by atoms with van der Waals surface area (Å²) in [6, 6.07) is 0. The second kappa shape index (κ2) is 28.4. The highest BCUT2D eigenvalue weighted by Crippen LogP contribution is 2.59. The van der Waals surface area contributed by atoms with Gasteiger partial charge in [-0.05, 0) is 101 Å². The third-order valence-corrected chi connectivity index (χ3v) is 15.3. The normalized spacial score (nSPS) is 20.4. The second-order valence-electron chi connectivity index (χ2n) is 22.6. The van der Waals surface area contributed by atoms with Crippen LogP contribution in [0, 0.1) is 33.5 Å². The molecule has 2 fully saturated rings. The van der Waals surface area contributed by atoms with E-state index >= 15 is 0 Å². The molecule has 0 aromatic rings. The Balaban J connectivity index is 2.27. The van der Waals surface area contributed by atoms with Crippen molar-refractivity contribution in [3.8, 4) is 0 Å². The summed E-state index contributed by atoms with van der Waals surface area (Å²) in [6.07, 6.45) is -7.24. The maximum absolute atomic E-state index is 14.6. The lowest BCUT2D eigenvalue weighted by Crippen LogP contribution is -2.42. The van der Waals surface area contributed by atoms with Gasteiger partial charge in [0.05, 0.1) is 21.7 Å². The Labute approximate surface area is 444 Å². The average molecular weight is 1130 g/mol. The topological polar surface area (TPSA) is 325 Å². The number of carbonyl (C=O) groups is 9. The van der Waals surface area contributed by atoms with Gasteiger partial charge in [0, 0.05) is 38.5 Å². The van der Waals surface area contributed by atoms with Crippen molar-refractivity contribution in [1.29, 1.82) is 0 Å². The molecule has 76 heavy (non-hydrogen) atoms. The Morgan fingerprint density at radius 2 is 1.00 bits per heavy atom. The third-order valence-electron chi connectivity index (χ3n) is 11.0. The van der Waals surface area contributed by atoms with Crippen molar-refractivity contribution >= 4 is 68.9 Å². The number of rotatable bonds is 28. The number of amides is 1. The van der Waals surface area contributed by atoms with Crippen molar-refractivity contribution in [2.24, 2.45) is 33.5 Å². The summed E-state index contributed by atoms with van der Waals surface area (Å²) in [5.74, 6) is -8.25. The molecule has 1 amide bonds. The molecule has 436 valence electrons. The van der Waals surface area contributed by atoms with Crippen LogP contribution < -0.4 is 0 Å². The van der Waals surface area contributed by atoms with Gasteiger partial charge in [0.15, 0.2) is 12.5 Å². The van der Waals surface area contributed by atoms with Crippen molar-refractivity contribution in [2.45, 2.75) is 192 Å². The largest absolute Gasteiger partial charge is 0.443 e. The van der Waals surface area contributed by atoms with Gasteiger partial charge in [0.2, 0.25) is 33.4 Å². The van der Waals surface area contributed by atoms with Gasteiger partial charge in [-0.1, -0.05) is 39.7 Å². The van der Waals surface area contributed by atoms with E-state index in [1.165, 1.54) is 62.3 Å². The van der Waals surface area contributed by atoms with E-state index in [1.54, 1.807) is 48.5 Å². The van der Waals surface area contributed by atoms with Crippen molar-refractivity contribution in [2.75, 3.05) is 27.2 Å². The summed E-state index contributed by atoms with van der Waals surface area (Å²) in [5.41, 5.74) is -7.96. The lowest BCUT2D eigenvalue weighted by molar-refractivity contribution is -0.267. The SMILES string of the molecule is CCC(=O)OC1C[C@H](P(=O)(OCOC(=O)C(C)(C)C)OCOC(=O)C(C)(C)C)C(=O)N1OC(=O)CCCC(C)(C)C(=O)OCOP(=O)(OCOC(=O)C(C)(C)C)[C@H]1CC(OC(=O)CC(C)C)N(OC(=O)CC(C)C)C1O. The fourth-order valence-electron chi connectivity index (χ4n) is 6.51. The van der Waals surface area contributed by atoms with Crippen LogP contribution in [0.5, 0.6) is 0 Å². The molecule has 6 atom stereocenters. The van der Waals surface area contributed by atoms with Gasteiger partial charge in [0.1, 0.15) is 11.3 Å². The molecule has 0 bridgehead atoms. The fraction of sp³-hybridized carbons (Fsp3) is 0.812. The number of hydrogen-bond donors (Lipinski definition) is 1. The molecule has 2 aliphatic heterocycles. The average Bonchev–Trinajstić information content (AvgIpc) is 3.75. The van der Waals surface area contributed by atoms with Crippen LogP contribution in [-0.2, 0) is 108 Å². The van der Waals surface area contributed by atoms with Gasteiger partial charge in [-0.15, -0.1) is 5.06 Å². The van der Waals surface area contributed by atoms with Crippen LogP contribution in [0.2, 0.25) is 0 Å². The van der Waals surface area contributed by atoms with E-state index in [0.717, 1.165) is 0 Å². The third kappa shape index (κ3) is 21.0. The van der Waals surface area contributed by atoms with E-state index in [1.807, 2.05) is 0 Å². The van der Waals surface area contributed by atoms with Gasteiger partial charge in [-0.2, -0.15) is 0 Å². The monoisotopic (exact) mass is 1130 g/mol. The van der Waals surface area contributed by atoms with Crippen LogP contribution >= 0.6 is 15.2 Å². The Morgan fingerprint density at radius 1 is 0.579 bits per heavy atom. The zero-order valence-electron chi connectivity index (χ0n) is 46.7. The van der Waals surface area contributed by atoms with Crippen molar-refractivity contribution in [3.63, 3.8) is 0 Å². The van der Waals surface area contributed by atoms with Gasteiger partial charge in [-0.3, -0.25) is 65.6 Å². The highest BCUT2D eigenvalue weighted by atomic mass is 31.2. The summed E-state index contributed by atoms with van der Waals surface area (Å²) >= 11 is 0. The Bertz CT molecular complexity index is 2120. The molecule has 26 nitrogen and oxygen atoms in total. The molecule has 2 rings (SSSR count). The molecule has 0 aromatic carbocycles.